The Morgan fingerprint density at radius 1 is 1.25 bits per heavy atom. The maximum atomic E-state index is 12.4. The van der Waals surface area contributed by atoms with E-state index in [1.165, 1.54) is 17.0 Å². The van der Waals surface area contributed by atoms with Gasteiger partial charge >= 0.3 is 0 Å². The summed E-state index contributed by atoms with van der Waals surface area (Å²) in [7, 11) is 0. The number of rotatable bonds is 4. The second kappa shape index (κ2) is 6.16. The predicted octanol–water partition coefficient (Wildman–Crippen LogP) is 2.08. The van der Waals surface area contributed by atoms with Crippen molar-refractivity contribution in [3.8, 4) is 5.75 Å². The highest BCUT2D eigenvalue weighted by Gasteiger charge is 2.23. The number of phenols is 1. The van der Waals surface area contributed by atoms with Gasteiger partial charge in [-0.25, -0.2) is 0 Å². The van der Waals surface area contributed by atoms with Gasteiger partial charge in [-0.15, -0.1) is 0 Å². The second-order valence-electron chi connectivity index (χ2n) is 4.48. The number of carbonyl (C=O) groups excluding carboxylic acids is 1. The van der Waals surface area contributed by atoms with Crippen LogP contribution >= 0.6 is 0 Å². The minimum atomic E-state index is -0.524. The summed E-state index contributed by atoms with van der Waals surface area (Å²) in [6, 6.07) is 9.81. The molecule has 1 atom stereocenters. The van der Waals surface area contributed by atoms with E-state index in [-0.39, 0.29) is 18.3 Å². The number of aromatic hydroxyl groups is 1. The molecule has 5 nitrogen and oxygen atoms in total. The van der Waals surface area contributed by atoms with E-state index in [0.717, 1.165) is 0 Å². The SMILES string of the molecule is CC(CO)C(=O)N(c1ccc(O)cc1)c1cccnc1. The largest absolute Gasteiger partial charge is 0.508 e. The highest BCUT2D eigenvalue weighted by atomic mass is 16.3. The third-order valence-corrected chi connectivity index (χ3v) is 2.93. The van der Waals surface area contributed by atoms with Crippen LogP contribution in [-0.2, 0) is 4.79 Å². The van der Waals surface area contributed by atoms with E-state index in [0.29, 0.717) is 11.4 Å². The zero-order valence-corrected chi connectivity index (χ0v) is 11.1. The van der Waals surface area contributed by atoms with Crippen LogP contribution in [-0.4, -0.2) is 27.7 Å². The Morgan fingerprint density at radius 3 is 2.50 bits per heavy atom. The number of amides is 1. The second-order valence-corrected chi connectivity index (χ2v) is 4.48. The fourth-order valence-electron chi connectivity index (χ4n) is 1.79. The number of nitrogens with zero attached hydrogens (tertiary/aromatic N) is 2. The number of aromatic nitrogens is 1. The van der Waals surface area contributed by atoms with Gasteiger partial charge in [0.15, 0.2) is 0 Å². The van der Waals surface area contributed by atoms with Gasteiger partial charge in [0.05, 0.1) is 24.4 Å². The van der Waals surface area contributed by atoms with Gasteiger partial charge in [0.2, 0.25) is 5.91 Å². The Bertz CT molecular complexity index is 569. The first-order chi connectivity index (χ1) is 9.63. The molecule has 0 fully saturated rings. The van der Waals surface area contributed by atoms with Crippen LogP contribution in [0, 0.1) is 5.92 Å². The number of phenolic OH excluding ortho intramolecular Hbond substituents is 1. The molecule has 104 valence electrons. The summed E-state index contributed by atoms with van der Waals surface area (Å²) in [5, 5.41) is 18.5. The molecule has 2 aromatic rings. The molecule has 0 radical (unpaired) electrons. The third-order valence-electron chi connectivity index (χ3n) is 2.93. The van der Waals surface area contributed by atoms with Crippen LogP contribution in [0.25, 0.3) is 0 Å². The Kier molecular flexibility index (Phi) is 4.32. The lowest BCUT2D eigenvalue weighted by Crippen LogP contribution is -2.32. The Morgan fingerprint density at radius 2 is 1.95 bits per heavy atom. The van der Waals surface area contributed by atoms with Gasteiger partial charge in [-0.1, -0.05) is 6.92 Å². The molecule has 0 saturated heterocycles. The minimum Gasteiger partial charge on any atom is -0.508 e. The van der Waals surface area contributed by atoms with Crippen LogP contribution in [0.4, 0.5) is 11.4 Å². The fraction of sp³-hybridized carbons (Fsp3) is 0.200. The number of hydrogen-bond donors (Lipinski definition) is 2. The number of pyridine rings is 1. The molecule has 1 amide bonds. The quantitative estimate of drug-likeness (QED) is 0.893. The van der Waals surface area contributed by atoms with Crippen LogP contribution < -0.4 is 4.90 Å². The first-order valence-corrected chi connectivity index (χ1v) is 6.27. The third kappa shape index (κ3) is 2.95. The van der Waals surface area contributed by atoms with Crippen molar-refractivity contribution in [1.29, 1.82) is 0 Å². The molecule has 0 bridgehead atoms. The lowest BCUT2D eigenvalue weighted by atomic mass is 10.1. The fourth-order valence-corrected chi connectivity index (χ4v) is 1.79. The molecule has 5 heteroatoms. The Balaban J connectivity index is 2.44. The van der Waals surface area contributed by atoms with Gasteiger partial charge < -0.3 is 10.2 Å². The van der Waals surface area contributed by atoms with Gasteiger partial charge in [-0.05, 0) is 36.4 Å². The smallest absolute Gasteiger partial charge is 0.236 e. The van der Waals surface area contributed by atoms with Crippen molar-refractivity contribution in [3.05, 3.63) is 48.8 Å². The lowest BCUT2D eigenvalue weighted by Gasteiger charge is -2.25. The van der Waals surface area contributed by atoms with Crippen LogP contribution in [0.2, 0.25) is 0 Å². The molecule has 2 rings (SSSR count). The van der Waals surface area contributed by atoms with Crippen molar-refractivity contribution in [2.24, 2.45) is 5.92 Å². The molecule has 1 unspecified atom stereocenters. The molecule has 0 aliphatic heterocycles. The molecule has 20 heavy (non-hydrogen) atoms. The van der Waals surface area contributed by atoms with Gasteiger partial charge in [-0.3, -0.25) is 14.7 Å². The van der Waals surface area contributed by atoms with E-state index >= 15 is 0 Å². The van der Waals surface area contributed by atoms with E-state index in [4.69, 9.17) is 0 Å². The van der Waals surface area contributed by atoms with Crippen molar-refractivity contribution in [1.82, 2.24) is 4.98 Å². The van der Waals surface area contributed by atoms with Crippen molar-refractivity contribution in [2.45, 2.75) is 6.92 Å². The predicted molar refractivity (Wildman–Crippen MR) is 75.7 cm³/mol. The molecule has 0 saturated carbocycles. The summed E-state index contributed by atoms with van der Waals surface area (Å²) >= 11 is 0. The van der Waals surface area contributed by atoms with Gasteiger partial charge in [-0.2, -0.15) is 0 Å². The zero-order valence-electron chi connectivity index (χ0n) is 11.1. The van der Waals surface area contributed by atoms with E-state index < -0.39 is 5.92 Å². The van der Waals surface area contributed by atoms with Gasteiger partial charge in [0, 0.05) is 11.9 Å². The van der Waals surface area contributed by atoms with E-state index in [1.807, 2.05) is 0 Å². The highest BCUT2D eigenvalue weighted by Crippen LogP contribution is 2.28. The summed E-state index contributed by atoms with van der Waals surface area (Å²) in [5.41, 5.74) is 1.23. The number of benzene rings is 1. The van der Waals surface area contributed by atoms with Crippen LogP contribution in [0.15, 0.2) is 48.8 Å². The Hall–Kier alpha value is -2.40. The van der Waals surface area contributed by atoms with E-state index in [1.54, 1.807) is 43.6 Å². The zero-order chi connectivity index (χ0) is 14.5. The van der Waals surface area contributed by atoms with Crippen molar-refractivity contribution in [3.63, 3.8) is 0 Å². The standard InChI is InChI=1S/C15H16N2O3/c1-11(10-18)15(20)17(13-3-2-8-16-9-13)12-4-6-14(19)7-5-12/h2-9,11,18-19H,10H2,1H3. The molecule has 2 N–H and O–H groups in total. The van der Waals surface area contributed by atoms with Gasteiger partial charge in [0.25, 0.3) is 0 Å². The van der Waals surface area contributed by atoms with Crippen LogP contribution in [0.5, 0.6) is 5.75 Å². The summed E-state index contributed by atoms with van der Waals surface area (Å²) in [6.45, 7) is 1.43. The first kappa shape index (κ1) is 14.0. The molecular weight excluding hydrogens is 256 g/mol. The molecule has 1 heterocycles. The molecule has 0 spiro atoms. The molecule has 1 aromatic heterocycles. The van der Waals surface area contributed by atoms with Crippen molar-refractivity contribution in [2.75, 3.05) is 11.5 Å². The molecule has 0 aliphatic rings. The minimum absolute atomic E-state index is 0.127. The topological polar surface area (TPSA) is 73.7 Å². The van der Waals surface area contributed by atoms with Crippen molar-refractivity contribution >= 4 is 17.3 Å². The number of carbonyl (C=O) groups is 1. The monoisotopic (exact) mass is 272 g/mol. The maximum absolute atomic E-state index is 12.4. The molecule has 0 aliphatic carbocycles. The summed E-state index contributed by atoms with van der Waals surface area (Å²) < 4.78 is 0. The van der Waals surface area contributed by atoms with Crippen LogP contribution in [0.1, 0.15) is 6.92 Å². The number of aliphatic hydroxyl groups is 1. The van der Waals surface area contributed by atoms with Gasteiger partial charge in [0.1, 0.15) is 5.75 Å². The van der Waals surface area contributed by atoms with E-state index in [9.17, 15) is 15.0 Å². The summed E-state index contributed by atoms with van der Waals surface area (Å²) in [5.74, 6) is -0.627. The average molecular weight is 272 g/mol. The summed E-state index contributed by atoms with van der Waals surface area (Å²) in [4.78, 5) is 17.9. The summed E-state index contributed by atoms with van der Waals surface area (Å²) in [6.07, 6.45) is 3.20. The van der Waals surface area contributed by atoms with Crippen molar-refractivity contribution < 1.29 is 15.0 Å². The van der Waals surface area contributed by atoms with Crippen LogP contribution in [0.3, 0.4) is 0 Å². The Labute approximate surface area is 117 Å². The molecule has 1 aromatic carbocycles. The lowest BCUT2D eigenvalue weighted by molar-refractivity contribution is -0.122. The number of anilines is 2. The average Bonchev–Trinajstić information content (AvgIpc) is 2.49. The highest BCUT2D eigenvalue weighted by molar-refractivity contribution is 6.01. The number of hydrogen-bond acceptors (Lipinski definition) is 4. The van der Waals surface area contributed by atoms with E-state index in [2.05, 4.69) is 4.98 Å². The maximum Gasteiger partial charge on any atom is 0.236 e. The first-order valence-electron chi connectivity index (χ1n) is 6.27. The molecular formula is C15H16N2O3. The number of aliphatic hydroxyl groups excluding tert-OH is 1. The normalized spacial score (nSPS) is 11.9.